The van der Waals surface area contributed by atoms with Gasteiger partial charge in [-0.15, -0.1) is 11.3 Å². The number of fused-ring (bicyclic) bond motifs is 2. The van der Waals surface area contributed by atoms with Gasteiger partial charge in [0.1, 0.15) is 12.4 Å². The van der Waals surface area contributed by atoms with Crippen molar-refractivity contribution < 1.29 is 19.1 Å². The topological polar surface area (TPSA) is 96.9 Å². The Balaban J connectivity index is 1.42. The van der Waals surface area contributed by atoms with E-state index in [0.29, 0.717) is 41.7 Å². The number of nitrogens with one attached hydrogen (secondary N) is 1. The molecule has 0 unspecified atom stereocenters. The number of nitrogens with zero attached hydrogens (tertiary/aromatic N) is 4. The van der Waals surface area contributed by atoms with Gasteiger partial charge in [-0.2, -0.15) is 0 Å². The lowest BCUT2D eigenvalue weighted by atomic mass is 10.0. The average molecular weight is 574 g/mol. The number of benzene rings is 2. The first-order chi connectivity index (χ1) is 19.8. The number of para-hydroxylation sites is 1. The molecule has 0 saturated heterocycles. The summed E-state index contributed by atoms with van der Waals surface area (Å²) >= 11 is 1.34. The zero-order valence-corrected chi connectivity index (χ0v) is 24.6. The quantitative estimate of drug-likeness (QED) is 0.361. The third kappa shape index (κ3) is 6.73. The highest BCUT2D eigenvalue weighted by Gasteiger charge is 2.28. The second-order valence-corrected chi connectivity index (χ2v) is 11.6. The summed E-state index contributed by atoms with van der Waals surface area (Å²) in [5.74, 6) is 0.0995. The molecule has 4 aromatic rings. The number of likely N-dealkylation sites (N-methyl/N-ethyl adjacent to an activating group) is 1. The maximum Gasteiger partial charge on any atom is 0.284 e. The van der Waals surface area contributed by atoms with Crippen LogP contribution in [0.1, 0.15) is 39.6 Å². The Morgan fingerprint density at radius 1 is 1.15 bits per heavy atom. The Kier molecular flexibility index (Phi) is 8.92. The van der Waals surface area contributed by atoms with Crippen LogP contribution in [-0.2, 0) is 11.3 Å². The first-order valence-electron chi connectivity index (χ1n) is 13.7. The van der Waals surface area contributed by atoms with Crippen LogP contribution in [0.25, 0.3) is 10.2 Å². The Bertz CT molecular complexity index is 1480. The first-order valence-corrected chi connectivity index (χ1v) is 14.5. The smallest absolute Gasteiger partial charge is 0.284 e. The predicted octanol–water partition coefficient (Wildman–Crippen LogP) is 4.95. The number of anilines is 1. The van der Waals surface area contributed by atoms with Crippen molar-refractivity contribution >= 4 is 39.1 Å². The van der Waals surface area contributed by atoms with Crippen molar-refractivity contribution in [1.29, 1.82) is 0 Å². The van der Waals surface area contributed by atoms with Gasteiger partial charge in [-0.05, 0) is 48.7 Å². The molecule has 10 heteroatoms. The molecule has 0 spiro atoms. The molecule has 0 bridgehead atoms. The molecule has 41 heavy (non-hydrogen) atoms. The van der Waals surface area contributed by atoms with Gasteiger partial charge in [0.15, 0.2) is 5.01 Å². The number of hydrogen-bond acceptors (Lipinski definition) is 8. The number of aromatic nitrogens is 2. The summed E-state index contributed by atoms with van der Waals surface area (Å²) < 4.78 is 13.1. The molecule has 1 aliphatic heterocycles. The van der Waals surface area contributed by atoms with Crippen LogP contribution in [0.5, 0.6) is 5.75 Å². The van der Waals surface area contributed by atoms with Gasteiger partial charge >= 0.3 is 0 Å². The van der Waals surface area contributed by atoms with Crippen molar-refractivity contribution in [2.24, 2.45) is 5.92 Å². The number of ether oxygens (including phenoxy) is 2. The summed E-state index contributed by atoms with van der Waals surface area (Å²) in [4.78, 5) is 39.3. The Morgan fingerprint density at radius 3 is 2.73 bits per heavy atom. The molecule has 2 aromatic carbocycles. The number of hydrogen-bond donors (Lipinski definition) is 1. The van der Waals surface area contributed by atoms with Gasteiger partial charge in [0.25, 0.3) is 11.8 Å². The fourth-order valence-corrected chi connectivity index (χ4v) is 5.89. The van der Waals surface area contributed by atoms with Crippen LogP contribution < -0.4 is 10.1 Å². The van der Waals surface area contributed by atoms with E-state index in [0.717, 1.165) is 22.3 Å². The molecule has 2 aromatic heterocycles. The van der Waals surface area contributed by atoms with Gasteiger partial charge in [-0.3, -0.25) is 19.5 Å². The minimum atomic E-state index is -0.310. The number of amides is 2. The lowest BCUT2D eigenvalue weighted by Crippen LogP contribution is -2.46. The number of carbonyl (C=O) groups excluding carboxylic acids is 2. The lowest BCUT2D eigenvalue weighted by molar-refractivity contribution is 0.00920. The molecule has 9 nitrogen and oxygen atoms in total. The SMILES string of the molecule is CO[C@@H]1CN(C)C(=O)c2ccc(NC(=O)c3nc4ccccc4s3)cc2OC[C@@H](C)N(Cc2cccnc2)C[C@@H]1C. The minimum absolute atomic E-state index is 0.0243. The van der Waals surface area contributed by atoms with Crippen LogP contribution in [0.15, 0.2) is 67.0 Å². The van der Waals surface area contributed by atoms with Crippen molar-refractivity contribution in [1.82, 2.24) is 19.8 Å². The second-order valence-electron chi connectivity index (χ2n) is 10.5. The highest BCUT2D eigenvalue weighted by Crippen LogP contribution is 2.28. The predicted molar refractivity (Wildman–Crippen MR) is 161 cm³/mol. The summed E-state index contributed by atoms with van der Waals surface area (Å²) in [7, 11) is 3.47. The number of rotatable bonds is 5. The summed E-state index contributed by atoms with van der Waals surface area (Å²) in [6.45, 7) is 6.51. The highest BCUT2D eigenvalue weighted by atomic mass is 32.1. The standard InChI is InChI=1S/C31H35N5O4S/c1-20-16-36(17-22-8-7-13-32-15-22)21(2)19-40-26-14-23(11-12-24(26)31(38)35(3)18-27(20)39-4)33-29(37)30-34-25-9-5-6-10-28(25)41-30/h5-15,20-21,27H,16-19H2,1-4H3,(H,33,37)/t20-,21+,27+/m0/s1. The largest absolute Gasteiger partial charge is 0.491 e. The zero-order chi connectivity index (χ0) is 28.9. The van der Waals surface area contributed by atoms with E-state index >= 15 is 0 Å². The van der Waals surface area contributed by atoms with Crippen molar-refractivity contribution in [3.05, 3.63) is 83.1 Å². The molecular formula is C31H35N5O4S. The molecule has 0 fully saturated rings. The Labute approximate surface area is 244 Å². The minimum Gasteiger partial charge on any atom is -0.491 e. The first kappa shape index (κ1) is 28.7. The Hall–Kier alpha value is -3.86. The molecule has 0 radical (unpaired) electrons. The molecule has 0 saturated carbocycles. The van der Waals surface area contributed by atoms with Gasteiger partial charge in [-0.1, -0.05) is 25.1 Å². The monoisotopic (exact) mass is 573 g/mol. The van der Waals surface area contributed by atoms with Crippen LogP contribution in [0.3, 0.4) is 0 Å². The molecule has 3 atom stereocenters. The van der Waals surface area contributed by atoms with E-state index in [1.54, 1.807) is 43.5 Å². The summed E-state index contributed by atoms with van der Waals surface area (Å²) in [6, 6.07) is 16.8. The fraction of sp³-hybridized carbons (Fsp3) is 0.355. The van der Waals surface area contributed by atoms with Gasteiger partial charge in [0.05, 0.1) is 21.9 Å². The van der Waals surface area contributed by atoms with Gasteiger partial charge in [0.2, 0.25) is 0 Å². The van der Waals surface area contributed by atoms with Crippen LogP contribution in [0, 0.1) is 5.92 Å². The van der Waals surface area contributed by atoms with Gasteiger partial charge in [0, 0.05) is 64.0 Å². The van der Waals surface area contributed by atoms with E-state index in [1.807, 2.05) is 36.5 Å². The van der Waals surface area contributed by atoms with E-state index < -0.39 is 0 Å². The number of pyridine rings is 1. The van der Waals surface area contributed by atoms with E-state index in [4.69, 9.17) is 9.47 Å². The van der Waals surface area contributed by atoms with E-state index in [-0.39, 0.29) is 29.9 Å². The number of carbonyl (C=O) groups is 2. The van der Waals surface area contributed by atoms with Crippen molar-refractivity contribution in [3.63, 3.8) is 0 Å². The average Bonchev–Trinajstić information content (AvgIpc) is 3.43. The van der Waals surface area contributed by atoms with Gasteiger partial charge < -0.3 is 19.7 Å². The highest BCUT2D eigenvalue weighted by molar-refractivity contribution is 7.20. The molecule has 1 N–H and O–H groups in total. The molecule has 5 rings (SSSR count). The normalized spacial score (nSPS) is 20.5. The third-order valence-corrected chi connectivity index (χ3v) is 8.47. The molecule has 1 aliphatic rings. The number of thiazole rings is 1. The van der Waals surface area contributed by atoms with Gasteiger partial charge in [-0.25, -0.2) is 4.98 Å². The van der Waals surface area contributed by atoms with E-state index in [9.17, 15) is 9.59 Å². The van der Waals surface area contributed by atoms with E-state index in [1.165, 1.54) is 11.3 Å². The lowest BCUT2D eigenvalue weighted by Gasteiger charge is -2.36. The summed E-state index contributed by atoms with van der Waals surface area (Å²) in [5, 5.41) is 3.29. The van der Waals surface area contributed by atoms with E-state index in [2.05, 4.69) is 40.1 Å². The van der Waals surface area contributed by atoms with Crippen LogP contribution in [0.4, 0.5) is 5.69 Å². The zero-order valence-electron chi connectivity index (χ0n) is 23.7. The maximum atomic E-state index is 13.5. The summed E-state index contributed by atoms with van der Waals surface area (Å²) in [5.41, 5.74) is 2.85. The van der Waals surface area contributed by atoms with Crippen LogP contribution >= 0.6 is 11.3 Å². The maximum absolute atomic E-state index is 13.5. The van der Waals surface area contributed by atoms with Crippen LogP contribution in [0.2, 0.25) is 0 Å². The molecule has 3 heterocycles. The van der Waals surface area contributed by atoms with Crippen molar-refractivity contribution in [2.75, 3.05) is 39.2 Å². The molecule has 214 valence electrons. The Morgan fingerprint density at radius 2 is 1.98 bits per heavy atom. The number of methoxy groups -OCH3 is 1. The van der Waals surface area contributed by atoms with Crippen LogP contribution in [-0.4, -0.2) is 77.6 Å². The second kappa shape index (κ2) is 12.8. The molecule has 2 amide bonds. The van der Waals surface area contributed by atoms with Crippen molar-refractivity contribution in [3.8, 4) is 5.75 Å². The van der Waals surface area contributed by atoms with Crippen molar-refractivity contribution in [2.45, 2.75) is 32.5 Å². The molecular weight excluding hydrogens is 538 g/mol. The third-order valence-electron chi connectivity index (χ3n) is 7.43. The fourth-order valence-electron chi connectivity index (χ4n) is 5.03. The molecule has 0 aliphatic carbocycles. The summed E-state index contributed by atoms with van der Waals surface area (Å²) in [6.07, 6.45) is 3.50.